The molecule has 1 aromatic carbocycles. The van der Waals surface area contributed by atoms with Gasteiger partial charge in [0.1, 0.15) is 16.7 Å². The first-order valence-corrected chi connectivity index (χ1v) is 6.98. The lowest BCUT2D eigenvalue weighted by Gasteiger charge is -2.06. The monoisotopic (exact) mass is 259 g/mol. The predicted molar refractivity (Wildman–Crippen MR) is 76.6 cm³/mol. The molecule has 0 aliphatic rings. The first-order chi connectivity index (χ1) is 8.69. The van der Waals surface area contributed by atoms with E-state index in [9.17, 15) is 0 Å². The zero-order valence-electron chi connectivity index (χ0n) is 10.7. The van der Waals surface area contributed by atoms with Gasteiger partial charge in [0.25, 0.3) is 0 Å². The van der Waals surface area contributed by atoms with Crippen molar-refractivity contribution < 1.29 is 0 Å². The third-order valence-corrected chi connectivity index (χ3v) is 3.68. The van der Waals surface area contributed by atoms with E-state index in [-0.39, 0.29) is 0 Å². The van der Waals surface area contributed by atoms with Crippen molar-refractivity contribution in [2.45, 2.75) is 31.0 Å². The Morgan fingerprint density at radius 1 is 1.22 bits per heavy atom. The van der Waals surface area contributed by atoms with E-state index in [1.54, 1.807) is 11.8 Å². The number of hydrogen-bond acceptors (Lipinski definition) is 4. The summed E-state index contributed by atoms with van der Waals surface area (Å²) in [7, 11) is 0. The van der Waals surface area contributed by atoms with Crippen molar-refractivity contribution in [2.24, 2.45) is 0 Å². The minimum absolute atomic E-state index is 0.550. The van der Waals surface area contributed by atoms with Gasteiger partial charge in [-0.05, 0) is 18.1 Å². The lowest BCUT2D eigenvalue weighted by atomic mass is 10.1. The average molecular weight is 259 g/mol. The lowest BCUT2D eigenvalue weighted by molar-refractivity contribution is 0.894. The summed E-state index contributed by atoms with van der Waals surface area (Å²) >= 11 is 1.70. The topological polar surface area (TPSA) is 51.8 Å². The zero-order valence-corrected chi connectivity index (χ0v) is 11.5. The Hall–Kier alpha value is -1.55. The van der Waals surface area contributed by atoms with Crippen LogP contribution in [0.25, 0.3) is 0 Å². The van der Waals surface area contributed by atoms with Crippen LogP contribution in [0.15, 0.2) is 35.4 Å². The molecule has 2 N–H and O–H groups in total. The summed E-state index contributed by atoms with van der Waals surface area (Å²) in [6.45, 7) is 4.16. The van der Waals surface area contributed by atoms with Gasteiger partial charge in [-0.3, -0.25) is 0 Å². The third-order valence-electron chi connectivity index (χ3n) is 2.72. The average Bonchev–Trinajstić information content (AvgIpc) is 2.37. The number of rotatable bonds is 4. The van der Waals surface area contributed by atoms with Crippen LogP contribution in [0, 0.1) is 6.92 Å². The van der Waals surface area contributed by atoms with Crippen LogP contribution < -0.4 is 5.73 Å². The molecule has 0 fully saturated rings. The summed E-state index contributed by atoms with van der Waals surface area (Å²) in [6, 6.07) is 10.2. The number of nitrogens with zero attached hydrogens (tertiary/aromatic N) is 2. The van der Waals surface area contributed by atoms with Crippen LogP contribution in [0.3, 0.4) is 0 Å². The predicted octanol–water partition coefficient (Wildman–Crippen LogP) is 3.22. The number of nitrogen functional groups attached to an aromatic ring is 1. The fourth-order valence-electron chi connectivity index (χ4n) is 1.65. The Morgan fingerprint density at radius 2 is 2.00 bits per heavy atom. The van der Waals surface area contributed by atoms with Gasteiger partial charge in [0, 0.05) is 18.2 Å². The maximum Gasteiger partial charge on any atom is 0.131 e. The number of benzene rings is 1. The normalized spacial score (nSPS) is 10.6. The molecule has 0 spiro atoms. The van der Waals surface area contributed by atoms with Gasteiger partial charge in [0.15, 0.2) is 0 Å². The Kier molecular flexibility index (Phi) is 4.20. The van der Waals surface area contributed by atoms with Crippen molar-refractivity contribution in [3.8, 4) is 0 Å². The van der Waals surface area contributed by atoms with Gasteiger partial charge >= 0.3 is 0 Å². The summed E-state index contributed by atoms with van der Waals surface area (Å²) in [5, 5.41) is 0.947. The van der Waals surface area contributed by atoms with Gasteiger partial charge in [0.05, 0.1) is 0 Å². The van der Waals surface area contributed by atoms with Crippen LogP contribution in [0.2, 0.25) is 0 Å². The van der Waals surface area contributed by atoms with Gasteiger partial charge < -0.3 is 5.73 Å². The van der Waals surface area contributed by atoms with E-state index in [4.69, 9.17) is 5.73 Å². The quantitative estimate of drug-likeness (QED) is 0.676. The van der Waals surface area contributed by atoms with Crippen LogP contribution in [0.5, 0.6) is 0 Å². The summed E-state index contributed by atoms with van der Waals surface area (Å²) in [6.07, 6.45) is 0.808. The van der Waals surface area contributed by atoms with Crippen LogP contribution in [0.1, 0.15) is 23.9 Å². The maximum atomic E-state index is 5.77. The van der Waals surface area contributed by atoms with Crippen molar-refractivity contribution in [1.29, 1.82) is 0 Å². The van der Waals surface area contributed by atoms with Crippen LogP contribution in [-0.2, 0) is 12.2 Å². The molecule has 18 heavy (non-hydrogen) atoms. The first kappa shape index (κ1) is 12.9. The number of thioether (sulfide) groups is 1. The summed E-state index contributed by atoms with van der Waals surface area (Å²) < 4.78 is 0. The smallest absolute Gasteiger partial charge is 0.131 e. The molecule has 3 nitrogen and oxygen atoms in total. The van der Waals surface area contributed by atoms with E-state index >= 15 is 0 Å². The number of hydrogen-bond donors (Lipinski definition) is 1. The summed E-state index contributed by atoms with van der Waals surface area (Å²) in [4.78, 5) is 8.65. The van der Waals surface area contributed by atoms with Crippen LogP contribution in [0.4, 0.5) is 5.82 Å². The molecule has 1 aromatic heterocycles. The second kappa shape index (κ2) is 5.87. The minimum atomic E-state index is 0.550. The molecule has 0 aliphatic carbocycles. The number of aryl methyl sites for hydroxylation is 2. The Labute approximate surface area is 112 Å². The molecule has 4 heteroatoms. The second-order valence-corrected chi connectivity index (χ2v) is 5.11. The van der Waals surface area contributed by atoms with Gasteiger partial charge in [-0.1, -0.05) is 31.2 Å². The molecule has 1 heterocycles. The van der Waals surface area contributed by atoms with E-state index in [0.717, 1.165) is 23.0 Å². The number of aromatic nitrogens is 2. The molecular formula is C14H17N3S. The first-order valence-electron chi connectivity index (χ1n) is 5.99. The van der Waals surface area contributed by atoms with Crippen molar-refractivity contribution in [1.82, 2.24) is 9.97 Å². The Bertz CT molecular complexity index is 540. The van der Waals surface area contributed by atoms with Crippen molar-refractivity contribution in [2.75, 3.05) is 5.73 Å². The van der Waals surface area contributed by atoms with E-state index in [2.05, 4.69) is 41.2 Å². The highest BCUT2D eigenvalue weighted by atomic mass is 32.2. The molecule has 0 bridgehead atoms. The fraction of sp³-hybridized carbons (Fsp3) is 0.286. The van der Waals surface area contributed by atoms with Crippen molar-refractivity contribution in [3.63, 3.8) is 0 Å². The van der Waals surface area contributed by atoms with Crippen molar-refractivity contribution >= 4 is 17.6 Å². The highest BCUT2D eigenvalue weighted by Gasteiger charge is 2.04. The molecule has 0 aliphatic heterocycles. The molecule has 0 saturated carbocycles. The molecule has 94 valence electrons. The minimum Gasteiger partial charge on any atom is -0.384 e. The van der Waals surface area contributed by atoms with Crippen molar-refractivity contribution in [3.05, 3.63) is 47.3 Å². The molecular weight excluding hydrogens is 242 g/mol. The fourth-order valence-corrected chi connectivity index (χ4v) is 2.65. The molecule has 0 amide bonds. The van der Waals surface area contributed by atoms with E-state index < -0.39 is 0 Å². The van der Waals surface area contributed by atoms with Gasteiger partial charge in [0.2, 0.25) is 0 Å². The Balaban J connectivity index is 2.11. The lowest BCUT2D eigenvalue weighted by Crippen LogP contribution is -1.99. The van der Waals surface area contributed by atoms with E-state index in [1.807, 2.05) is 13.0 Å². The molecule has 2 rings (SSSR count). The molecule has 0 saturated heterocycles. The molecule has 0 unspecified atom stereocenters. The maximum absolute atomic E-state index is 5.77. The van der Waals surface area contributed by atoms with Gasteiger partial charge in [-0.25, -0.2) is 9.97 Å². The van der Waals surface area contributed by atoms with Gasteiger partial charge in [-0.15, -0.1) is 11.8 Å². The number of anilines is 1. The summed E-state index contributed by atoms with van der Waals surface area (Å²) in [5.41, 5.74) is 8.41. The molecule has 0 atom stereocenters. The van der Waals surface area contributed by atoms with Gasteiger partial charge in [-0.2, -0.15) is 0 Å². The largest absolute Gasteiger partial charge is 0.384 e. The van der Waals surface area contributed by atoms with Crippen LogP contribution in [-0.4, -0.2) is 9.97 Å². The number of nitrogens with two attached hydrogens (primary N) is 1. The van der Waals surface area contributed by atoms with E-state index in [1.165, 1.54) is 11.1 Å². The Morgan fingerprint density at radius 3 is 2.72 bits per heavy atom. The molecule has 2 aromatic rings. The van der Waals surface area contributed by atoms with Crippen LogP contribution >= 0.6 is 11.8 Å². The highest BCUT2D eigenvalue weighted by Crippen LogP contribution is 2.23. The SMILES string of the molecule is CCc1nc(N)cc(SCc2ccccc2C)n1. The third kappa shape index (κ3) is 3.23. The van der Waals surface area contributed by atoms with E-state index in [0.29, 0.717) is 5.82 Å². The standard InChI is InChI=1S/C14H17N3S/c1-3-13-16-12(15)8-14(17-13)18-9-11-7-5-4-6-10(11)2/h4-8H,3,9H2,1-2H3,(H2,15,16,17). The highest BCUT2D eigenvalue weighted by molar-refractivity contribution is 7.98. The summed E-state index contributed by atoms with van der Waals surface area (Å²) in [5.74, 6) is 2.27. The zero-order chi connectivity index (χ0) is 13.0. The second-order valence-electron chi connectivity index (χ2n) is 4.12. The molecule has 0 radical (unpaired) electrons.